The minimum absolute atomic E-state index is 0.429. The van der Waals surface area contributed by atoms with Crippen molar-refractivity contribution in [2.45, 2.75) is 12.7 Å². The minimum Gasteiger partial charge on any atom is -0.497 e. The van der Waals surface area contributed by atoms with Gasteiger partial charge in [0.25, 0.3) is 0 Å². The number of ether oxygens (including phenoxy) is 1. The van der Waals surface area contributed by atoms with E-state index in [9.17, 15) is 0 Å². The zero-order valence-electron chi connectivity index (χ0n) is 16.7. The molecule has 0 amide bonds. The van der Waals surface area contributed by atoms with Crippen LogP contribution in [-0.4, -0.2) is 36.8 Å². The lowest BCUT2D eigenvalue weighted by Gasteiger charge is -2.36. The van der Waals surface area contributed by atoms with Gasteiger partial charge in [-0.05, 0) is 35.9 Å². The Morgan fingerprint density at radius 1 is 1.07 bits per heavy atom. The maximum atomic E-state index is 6.67. The fourth-order valence-electron chi connectivity index (χ4n) is 3.88. The number of fused-ring (bicyclic) bond motifs is 1. The lowest BCUT2D eigenvalue weighted by atomic mass is 10.1. The summed E-state index contributed by atoms with van der Waals surface area (Å²) in [5.74, 6) is 2.85. The zero-order valence-corrected chi connectivity index (χ0v) is 16.7. The van der Waals surface area contributed by atoms with Crippen molar-refractivity contribution in [1.29, 1.82) is 0 Å². The molecule has 1 atom stereocenters. The van der Waals surface area contributed by atoms with Gasteiger partial charge < -0.3 is 24.7 Å². The molecule has 0 fully saturated rings. The first kappa shape index (κ1) is 18.4. The summed E-state index contributed by atoms with van der Waals surface area (Å²) in [6.45, 7) is 2.31. The van der Waals surface area contributed by atoms with E-state index in [0.29, 0.717) is 11.7 Å². The third-order valence-electron chi connectivity index (χ3n) is 5.40. The number of rotatable bonds is 5. The van der Waals surface area contributed by atoms with Gasteiger partial charge in [0.15, 0.2) is 11.7 Å². The second-order valence-electron chi connectivity index (χ2n) is 7.24. The molecule has 0 radical (unpaired) electrons. The maximum absolute atomic E-state index is 6.67. The molecule has 0 saturated heterocycles. The highest BCUT2D eigenvalue weighted by molar-refractivity contribution is 6.46. The molecule has 0 spiro atoms. The number of benzene rings is 2. The quantitative estimate of drug-likeness (QED) is 0.705. The van der Waals surface area contributed by atoms with Crippen LogP contribution in [0, 0.1) is 0 Å². The van der Waals surface area contributed by atoms with Crippen molar-refractivity contribution in [1.82, 2.24) is 4.90 Å². The molecule has 0 aliphatic carbocycles. The van der Waals surface area contributed by atoms with Crippen LogP contribution >= 0.6 is 0 Å². The van der Waals surface area contributed by atoms with E-state index in [1.165, 1.54) is 5.56 Å². The molecule has 152 valence electrons. The van der Waals surface area contributed by atoms with Crippen molar-refractivity contribution >= 4 is 23.2 Å². The van der Waals surface area contributed by atoms with Crippen LogP contribution in [0.4, 0.5) is 11.6 Å². The van der Waals surface area contributed by atoms with Crippen LogP contribution in [0.1, 0.15) is 17.3 Å². The number of nitrogens with two attached hydrogens (primary N) is 1. The average Bonchev–Trinajstić information content (AvgIpc) is 3.44. The van der Waals surface area contributed by atoms with Crippen LogP contribution in [0.15, 0.2) is 81.3 Å². The van der Waals surface area contributed by atoms with Gasteiger partial charge in [-0.25, -0.2) is 0 Å². The Morgan fingerprint density at radius 3 is 2.63 bits per heavy atom. The Labute approximate surface area is 175 Å². The third-order valence-corrected chi connectivity index (χ3v) is 5.40. The maximum Gasteiger partial charge on any atom is 0.227 e. The van der Waals surface area contributed by atoms with Gasteiger partial charge in [0.2, 0.25) is 5.88 Å². The second-order valence-corrected chi connectivity index (χ2v) is 7.24. The number of furan rings is 1. The standard InChI is InChI=1S/C23H23N5O2/c1-29-18-9-7-17(8-10-18)28-20(24)19-11-14-30-23(19)26-22(28)21-25-12-13-27(21)15-16-5-3-2-4-6-16/h2-11,14,20H,12-13,15,24H2,1H3. The van der Waals surface area contributed by atoms with E-state index in [0.717, 1.165) is 42.5 Å². The minimum atomic E-state index is -0.429. The summed E-state index contributed by atoms with van der Waals surface area (Å²) in [5.41, 5.74) is 9.67. The monoisotopic (exact) mass is 401 g/mol. The number of hydrogen-bond acceptors (Lipinski definition) is 7. The van der Waals surface area contributed by atoms with Crippen molar-refractivity contribution in [3.05, 3.63) is 78.1 Å². The summed E-state index contributed by atoms with van der Waals surface area (Å²) in [4.78, 5) is 13.9. The van der Waals surface area contributed by atoms with Crippen molar-refractivity contribution in [2.75, 3.05) is 25.1 Å². The van der Waals surface area contributed by atoms with Gasteiger partial charge in [0.1, 0.15) is 11.9 Å². The number of methoxy groups -OCH3 is 1. The van der Waals surface area contributed by atoms with E-state index >= 15 is 0 Å². The highest BCUT2D eigenvalue weighted by Crippen LogP contribution is 2.37. The molecular formula is C23H23N5O2. The van der Waals surface area contributed by atoms with Gasteiger partial charge in [-0.15, -0.1) is 0 Å². The Morgan fingerprint density at radius 2 is 1.87 bits per heavy atom. The lowest BCUT2D eigenvalue weighted by Crippen LogP contribution is -2.49. The molecule has 7 heteroatoms. The first-order valence-corrected chi connectivity index (χ1v) is 9.93. The van der Waals surface area contributed by atoms with Crippen molar-refractivity contribution < 1.29 is 9.15 Å². The van der Waals surface area contributed by atoms with Gasteiger partial charge in [-0.3, -0.25) is 4.99 Å². The van der Waals surface area contributed by atoms with Crippen LogP contribution in [0.2, 0.25) is 0 Å². The molecule has 2 aliphatic rings. The van der Waals surface area contributed by atoms with Crippen molar-refractivity contribution in [3.8, 4) is 5.75 Å². The Hall–Kier alpha value is -3.58. The lowest BCUT2D eigenvalue weighted by molar-refractivity contribution is 0.415. The van der Waals surface area contributed by atoms with E-state index in [1.54, 1.807) is 13.4 Å². The number of nitrogens with zero attached hydrogens (tertiary/aromatic N) is 4. The van der Waals surface area contributed by atoms with Gasteiger partial charge in [0.05, 0.1) is 25.5 Å². The molecule has 1 aromatic heterocycles. The Balaban J connectivity index is 1.54. The second kappa shape index (κ2) is 7.68. The molecule has 2 aromatic carbocycles. The van der Waals surface area contributed by atoms with Crippen LogP contribution < -0.4 is 15.4 Å². The number of amidine groups is 2. The Bertz CT molecular complexity index is 1090. The molecule has 30 heavy (non-hydrogen) atoms. The molecule has 7 nitrogen and oxygen atoms in total. The van der Waals surface area contributed by atoms with Crippen LogP contribution in [-0.2, 0) is 6.54 Å². The molecule has 1 unspecified atom stereocenters. The number of anilines is 1. The predicted molar refractivity (Wildman–Crippen MR) is 117 cm³/mol. The summed E-state index contributed by atoms with van der Waals surface area (Å²) in [6.07, 6.45) is 1.20. The highest BCUT2D eigenvalue weighted by atomic mass is 16.5. The van der Waals surface area contributed by atoms with Crippen LogP contribution in [0.5, 0.6) is 5.75 Å². The van der Waals surface area contributed by atoms with E-state index in [1.807, 2.05) is 41.3 Å². The molecule has 2 aliphatic heterocycles. The molecule has 3 heterocycles. The molecule has 3 aromatic rings. The van der Waals surface area contributed by atoms with Gasteiger partial charge in [-0.1, -0.05) is 30.3 Å². The molecule has 0 bridgehead atoms. The fraction of sp³-hybridized carbons (Fsp3) is 0.217. The van der Waals surface area contributed by atoms with Gasteiger partial charge in [0, 0.05) is 18.8 Å². The number of hydrogen-bond donors (Lipinski definition) is 1. The predicted octanol–water partition coefficient (Wildman–Crippen LogP) is 3.71. The first-order valence-electron chi connectivity index (χ1n) is 9.93. The summed E-state index contributed by atoms with van der Waals surface area (Å²) < 4.78 is 10.9. The molecule has 5 rings (SSSR count). The van der Waals surface area contributed by atoms with Crippen LogP contribution in [0.3, 0.4) is 0 Å². The summed E-state index contributed by atoms with van der Waals surface area (Å²) in [7, 11) is 1.65. The summed E-state index contributed by atoms with van der Waals surface area (Å²) in [5, 5.41) is 0. The van der Waals surface area contributed by atoms with E-state index in [2.05, 4.69) is 29.2 Å². The SMILES string of the molecule is COc1ccc(N2C(C3=NCCN3Cc3ccccc3)=Nc3occc3C2N)cc1. The van der Waals surface area contributed by atoms with E-state index in [4.69, 9.17) is 24.9 Å². The summed E-state index contributed by atoms with van der Waals surface area (Å²) in [6, 6.07) is 20.0. The van der Waals surface area contributed by atoms with Crippen molar-refractivity contribution in [3.63, 3.8) is 0 Å². The van der Waals surface area contributed by atoms with Crippen LogP contribution in [0.25, 0.3) is 0 Å². The third kappa shape index (κ3) is 3.23. The normalized spacial score (nSPS) is 18.1. The number of aliphatic imine (C=N–C) groups is 2. The summed E-state index contributed by atoms with van der Waals surface area (Å²) >= 11 is 0. The van der Waals surface area contributed by atoms with Gasteiger partial charge in [-0.2, -0.15) is 4.99 Å². The topological polar surface area (TPSA) is 79.6 Å². The smallest absolute Gasteiger partial charge is 0.227 e. The van der Waals surface area contributed by atoms with E-state index < -0.39 is 6.17 Å². The highest BCUT2D eigenvalue weighted by Gasteiger charge is 2.36. The van der Waals surface area contributed by atoms with Crippen molar-refractivity contribution in [2.24, 2.45) is 15.7 Å². The Kier molecular flexibility index (Phi) is 4.72. The van der Waals surface area contributed by atoms with Gasteiger partial charge >= 0.3 is 0 Å². The average molecular weight is 401 g/mol. The largest absolute Gasteiger partial charge is 0.497 e. The molecular weight excluding hydrogens is 378 g/mol. The van der Waals surface area contributed by atoms with E-state index in [-0.39, 0.29) is 0 Å². The zero-order chi connectivity index (χ0) is 20.5. The molecule has 2 N–H and O–H groups in total. The first-order chi connectivity index (χ1) is 14.7. The molecule has 0 saturated carbocycles. The fourth-order valence-corrected chi connectivity index (χ4v) is 3.88.